The smallest absolute Gasteiger partial charge is 0.296 e. The fourth-order valence-electron chi connectivity index (χ4n) is 4.23. The quantitative estimate of drug-likeness (QED) is 0.400. The van der Waals surface area contributed by atoms with Crippen LogP contribution in [-0.2, 0) is 30.0 Å². The molecule has 2 aromatic heterocycles. The number of nitrogens with zero attached hydrogens (tertiary/aromatic N) is 5. The van der Waals surface area contributed by atoms with E-state index in [-0.39, 0.29) is 36.7 Å². The van der Waals surface area contributed by atoms with Crippen molar-refractivity contribution in [2.45, 2.75) is 46.1 Å². The number of carbonyl (C=O) groups excluding carboxylic acids is 1. The molecule has 1 amide bonds. The summed E-state index contributed by atoms with van der Waals surface area (Å²) >= 11 is 0. The molecule has 11 heteroatoms. The third-order valence-electron chi connectivity index (χ3n) is 6.23. The van der Waals surface area contributed by atoms with Crippen LogP contribution >= 0.6 is 0 Å². The van der Waals surface area contributed by atoms with Crippen LogP contribution in [0.4, 0.5) is 4.39 Å². The van der Waals surface area contributed by atoms with Crippen molar-refractivity contribution in [3.63, 3.8) is 0 Å². The summed E-state index contributed by atoms with van der Waals surface area (Å²) in [5.74, 6) is -0.460. The molecule has 0 saturated heterocycles. The van der Waals surface area contributed by atoms with Crippen molar-refractivity contribution in [1.82, 2.24) is 29.6 Å². The summed E-state index contributed by atoms with van der Waals surface area (Å²) in [5.41, 5.74) is 0.0586. The van der Waals surface area contributed by atoms with Crippen LogP contribution in [0.25, 0.3) is 5.69 Å². The molecule has 3 heterocycles. The maximum Gasteiger partial charge on any atom is 0.296 e. The van der Waals surface area contributed by atoms with E-state index in [9.17, 15) is 14.0 Å². The Labute approximate surface area is 218 Å². The highest BCUT2D eigenvalue weighted by atomic mass is 19.1. The van der Waals surface area contributed by atoms with Crippen LogP contribution in [0.1, 0.15) is 47.1 Å². The van der Waals surface area contributed by atoms with Crippen molar-refractivity contribution < 1.29 is 18.7 Å². The van der Waals surface area contributed by atoms with Crippen LogP contribution in [-0.4, -0.2) is 36.8 Å². The average Bonchev–Trinajstić information content (AvgIpc) is 3.34. The highest BCUT2D eigenvalue weighted by Crippen LogP contribution is 2.28. The second kappa shape index (κ2) is 10.2. The van der Waals surface area contributed by atoms with Gasteiger partial charge in [0.25, 0.3) is 11.5 Å². The van der Waals surface area contributed by atoms with Crippen LogP contribution in [0.5, 0.6) is 5.75 Å². The van der Waals surface area contributed by atoms with Gasteiger partial charge < -0.3 is 14.8 Å². The molecule has 0 atom stereocenters. The standard InChI is InChI=1S/C27H27FN6O4/c1-17-30-16-34(32-17)20-10-9-19(21(28)13-20)14-29-24(35)22-23(37-15-18-7-5-4-6-8-18)25(36)33-11-12-38-27(2,3)26(33)31-22/h4-10,13,16H,11-12,14-15H2,1-3H3,(H,29,35). The largest absolute Gasteiger partial charge is 0.481 e. The van der Waals surface area contributed by atoms with Gasteiger partial charge in [-0.3, -0.25) is 14.2 Å². The van der Waals surface area contributed by atoms with Gasteiger partial charge in [0.2, 0.25) is 5.75 Å². The summed E-state index contributed by atoms with van der Waals surface area (Å²) in [6.45, 7) is 5.87. The molecule has 196 valence electrons. The van der Waals surface area contributed by atoms with E-state index in [1.54, 1.807) is 32.9 Å². The number of ether oxygens (including phenoxy) is 2. The van der Waals surface area contributed by atoms with Gasteiger partial charge in [-0.1, -0.05) is 36.4 Å². The van der Waals surface area contributed by atoms with Gasteiger partial charge in [0.1, 0.15) is 36.0 Å². The highest BCUT2D eigenvalue weighted by Gasteiger charge is 2.35. The lowest BCUT2D eigenvalue weighted by Gasteiger charge is -2.32. The first-order valence-corrected chi connectivity index (χ1v) is 12.1. The Morgan fingerprint density at radius 3 is 2.71 bits per heavy atom. The van der Waals surface area contributed by atoms with E-state index in [4.69, 9.17) is 9.47 Å². The van der Waals surface area contributed by atoms with Crippen LogP contribution in [0.3, 0.4) is 0 Å². The van der Waals surface area contributed by atoms with E-state index in [1.165, 1.54) is 21.6 Å². The van der Waals surface area contributed by atoms with E-state index in [0.29, 0.717) is 23.9 Å². The molecule has 10 nitrogen and oxygen atoms in total. The van der Waals surface area contributed by atoms with Gasteiger partial charge >= 0.3 is 0 Å². The predicted molar refractivity (Wildman–Crippen MR) is 135 cm³/mol. The normalized spacial score (nSPS) is 14.1. The number of aryl methyl sites for hydroxylation is 1. The maximum absolute atomic E-state index is 14.9. The Morgan fingerprint density at radius 1 is 1.21 bits per heavy atom. The lowest BCUT2D eigenvalue weighted by Crippen LogP contribution is -2.43. The highest BCUT2D eigenvalue weighted by molar-refractivity contribution is 5.94. The van der Waals surface area contributed by atoms with Crippen molar-refractivity contribution in [3.05, 3.63) is 99.5 Å². The predicted octanol–water partition coefficient (Wildman–Crippen LogP) is 3.05. The number of rotatable bonds is 7. The lowest BCUT2D eigenvalue weighted by molar-refractivity contribution is -0.0567. The molecule has 0 spiro atoms. The van der Waals surface area contributed by atoms with Gasteiger partial charge in [-0.15, -0.1) is 0 Å². The SMILES string of the molecule is Cc1ncn(-c2ccc(CNC(=O)c3nc4n(c(=O)c3OCc3ccccc3)CCOC4(C)C)c(F)c2)n1. The third-order valence-corrected chi connectivity index (χ3v) is 6.23. The molecule has 2 aromatic carbocycles. The minimum atomic E-state index is -0.883. The number of hydrogen-bond acceptors (Lipinski definition) is 7. The minimum absolute atomic E-state index is 0.0785. The summed E-state index contributed by atoms with van der Waals surface area (Å²) < 4.78 is 29.4. The molecule has 0 aliphatic carbocycles. The van der Waals surface area contributed by atoms with Crippen molar-refractivity contribution in [2.75, 3.05) is 6.61 Å². The van der Waals surface area contributed by atoms with E-state index in [2.05, 4.69) is 20.4 Å². The number of hydrogen-bond donors (Lipinski definition) is 1. The number of amides is 1. The molecular weight excluding hydrogens is 491 g/mol. The minimum Gasteiger partial charge on any atom is -0.481 e. The monoisotopic (exact) mass is 518 g/mol. The van der Waals surface area contributed by atoms with E-state index in [1.807, 2.05) is 30.3 Å². The van der Waals surface area contributed by atoms with Crippen LogP contribution in [0, 0.1) is 12.7 Å². The Morgan fingerprint density at radius 2 is 2.00 bits per heavy atom. The average molecular weight is 519 g/mol. The van der Waals surface area contributed by atoms with E-state index < -0.39 is 22.9 Å². The zero-order chi connectivity index (χ0) is 26.9. The summed E-state index contributed by atoms with van der Waals surface area (Å²) in [5, 5.41) is 6.85. The molecule has 1 N–H and O–H groups in total. The van der Waals surface area contributed by atoms with E-state index >= 15 is 0 Å². The Balaban J connectivity index is 1.42. The Hall–Kier alpha value is -4.38. The number of fused-ring (bicyclic) bond motifs is 1. The van der Waals surface area contributed by atoms with Crippen molar-refractivity contribution in [1.29, 1.82) is 0 Å². The molecule has 38 heavy (non-hydrogen) atoms. The molecule has 0 bridgehead atoms. The number of halogens is 1. The van der Waals surface area contributed by atoms with Crippen LogP contribution in [0.15, 0.2) is 59.7 Å². The number of benzene rings is 2. The van der Waals surface area contributed by atoms with Crippen molar-refractivity contribution >= 4 is 5.91 Å². The lowest BCUT2D eigenvalue weighted by atomic mass is 10.1. The van der Waals surface area contributed by atoms with Crippen molar-refractivity contribution in [2.24, 2.45) is 0 Å². The summed E-state index contributed by atoms with van der Waals surface area (Å²) in [7, 11) is 0. The molecule has 0 radical (unpaired) electrons. The van der Waals surface area contributed by atoms with Gasteiger partial charge in [0.15, 0.2) is 5.69 Å². The van der Waals surface area contributed by atoms with Gasteiger partial charge in [-0.25, -0.2) is 19.0 Å². The first-order chi connectivity index (χ1) is 18.2. The molecule has 1 aliphatic heterocycles. The summed E-state index contributed by atoms with van der Waals surface area (Å²) in [6, 6.07) is 13.8. The van der Waals surface area contributed by atoms with Gasteiger partial charge in [0, 0.05) is 12.1 Å². The molecule has 0 fully saturated rings. The Kier molecular flexibility index (Phi) is 6.77. The zero-order valence-electron chi connectivity index (χ0n) is 21.3. The molecule has 0 saturated carbocycles. The Bertz CT molecular complexity index is 1550. The second-order valence-corrected chi connectivity index (χ2v) is 9.40. The summed E-state index contributed by atoms with van der Waals surface area (Å²) in [6.07, 6.45) is 1.49. The number of carbonyl (C=O) groups is 1. The topological polar surface area (TPSA) is 113 Å². The molecule has 5 rings (SSSR count). The maximum atomic E-state index is 14.9. The van der Waals surface area contributed by atoms with Gasteiger partial charge in [-0.2, -0.15) is 5.10 Å². The summed E-state index contributed by atoms with van der Waals surface area (Å²) in [4.78, 5) is 35.3. The van der Waals surface area contributed by atoms with Crippen molar-refractivity contribution in [3.8, 4) is 11.4 Å². The number of aromatic nitrogens is 5. The zero-order valence-corrected chi connectivity index (χ0v) is 21.3. The first-order valence-electron chi connectivity index (χ1n) is 12.1. The molecule has 0 unspecified atom stereocenters. The third kappa shape index (κ3) is 5.05. The number of nitrogens with one attached hydrogen (secondary N) is 1. The van der Waals surface area contributed by atoms with Crippen LogP contribution < -0.4 is 15.6 Å². The van der Waals surface area contributed by atoms with E-state index in [0.717, 1.165) is 5.56 Å². The second-order valence-electron chi connectivity index (χ2n) is 9.40. The molecule has 1 aliphatic rings. The fraction of sp³-hybridized carbons (Fsp3) is 0.296. The van der Waals surface area contributed by atoms with Crippen LogP contribution in [0.2, 0.25) is 0 Å². The molecule has 4 aromatic rings. The fourth-order valence-corrected chi connectivity index (χ4v) is 4.23. The first kappa shape index (κ1) is 25.3. The van der Waals surface area contributed by atoms with Gasteiger partial charge in [-0.05, 0) is 38.5 Å². The van der Waals surface area contributed by atoms with Gasteiger partial charge in [0.05, 0.1) is 18.8 Å². The molecular formula is C27H27FN6O4.